The van der Waals surface area contributed by atoms with Crippen LogP contribution in [0.25, 0.3) is 20.7 Å². The first-order valence-electron chi connectivity index (χ1n) is 10.8. The van der Waals surface area contributed by atoms with Crippen LogP contribution >= 0.6 is 11.3 Å². The smallest absolute Gasteiger partial charge is 0.262 e. The molecule has 2 aromatic heterocycles. The second kappa shape index (κ2) is 8.63. The Morgan fingerprint density at radius 1 is 1.12 bits per heavy atom. The quantitative estimate of drug-likeness (QED) is 0.486. The van der Waals surface area contributed by atoms with Gasteiger partial charge >= 0.3 is 0 Å². The fourth-order valence-electron chi connectivity index (χ4n) is 4.16. The largest absolute Gasteiger partial charge is 0.324 e. The third kappa shape index (κ3) is 4.05. The zero-order valence-corrected chi connectivity index (χ0v) is 18.9. The standard InChI is InChI=1S/C25H22N4O3S/c1-16-22-24(33-23(16)17-7-3-2-4-8-17)26-15-28(25(22)32)14-20(30)27-18-9-5-10-19(13-18)29-12-6-11-21(29)31/h2-5,7-10,13,15H,6,11-12,14H2,1H3,(H,27,30). The summed E-state index contributed by atoms with van der Waals surface area (Å²) in [6.45, 7) is 2.45. The van der Waals surface area contributed by atoms with E-state index in [-0.39, 0.29) is 23.9 Å². The number of thiophene rings is 1. The summed E-state index contributed by atoms with van der Waals surface area (Å²) < 4.78 is 1.33. The fourth-order valence-corrected chi connectivity index (χ4v) is 5.31. The zero-order chi connectivity index (χ0) is 22.9. The van der Waals surface area contributed by atoms with E-state index in [9.17, 15) is 14.4 Å². The number of benzene rings is 2. The van der Waals surface area contributed by atoms with Gasteiger partial charge in [0.25, 0.3) is 5.56 Å². The van der Waals surface area contributed by atoms with Crippen molar-refractivity contribution >= 4 is 44.7 Å². The average molecular weight is 459 g/mol. The number of nitrogens with one attached hydrogen (secondary N) is 1. The fraction of sp³-hybridized carbons (Fsp3) is 0.200. The lowest BCUT2D eigenvalue weighted by molar-refractivity contribution is -0.117. The highest BCUT2D eigenvalue weighted by Crippen LogP contribution is 2.35. The molecule has 2 amide bonds. The summed E-state index contributed by atoms with van der Waals surface area (Å²) in [5, 5.41) is 3.37. The molecule has 1 aliphatic heterocycles. The van der Waals surface area contributed by atoms with E-state index in [1.807, 2.05) is 43.3 Å². The molecule has 0 spiro atoms. The highest BCUT2D eigenvalue weighted by molar-refractivity contribution is 7.22. The van der Waals surface area contributed by atoms with Crippen molar-refractivity contribution in [2.24, 2.45) is 0 Å². The molecule has 8 heteroatoms. The van der Waals surface area contributed by atoms with Gasteiger partial charge in [0.1, 0.15) is 11.4 Å². The maximum absolute atomic E-state index is 13.2. The lowest BCUT2D eigenvalue weighted by Crippen LogP contribution is -2.28. The summed E-state index contributed by atoms with van der Waals surface area (Å²) in [5.74, 6) is -0.246. The topological polar surface area (TPSA) is 84.3 Å². The minimum absolute atomic E-state index is 0.0883. The number of nitrogens with zero attached hydrogens (tertiary/aromatic N) is 3. The molecule has 4 aromatic rings. The number of carbonyl (C=O) groups is 2. The third-order valence-corrected chi connectivity index (χ3v) is 7.03. The molecule has 1 fully saturated rings. The minimum atomic E-state index is -0.334. The molecule has 0 radical (unpaired) electrons. The van der Waals surface area contributed by atoms with Crippen molar-refractivity contribution in [3.8, 4) is 10.4 Å². The van der Waals surface area contributed by atoms with E-state index in [0.717, 1.165) is 28.1 Å². The minimum Gasteiger partial charge on any atom is -0.324 e. The van der Waals surface area contributed by atoms with Gasteiger partial charge in [-0.2, -0.15) is 0 Å². The first-order valence-corrected chi connectivity index (χ1v) is 11.6. The summed E-state index contributed by atoms with van der Waals surface area (Å²) in [5.41, 5.74) is 3.02. The molecule has 5 rings (SSSR count). The predicted molar refractivity (Wildman–Crippen MR) is 131 cm³/mol. The number of aryl methyl sites for hydroxylation is 1. The highest BCUT2D eigenvalue weighted by atomic mass is 32.1. The van der Waals surface area contributed by atoms with Crippen LogP contribution in [0.5, 0.6) is 0 Å². The van der Waals surface area contributed by atoms with Gasteiger partial charge in [0.15, 0.2) is 0 Å². The lowest BCUT2D eigenvalue weighted by atomic mass is 10.1. The zero-order valence-electron chi connectivity index (χ0n) is 18.1. The molecule has 3 heterocycles. The first kappa shape index (κ1) is 21.1. The molecular formula is C25H22N4O3S. The molecule has 0 saturated carbocycles. The van der Waals surface area contributed by atoms with Crippen molar-refractivity contribution in [1.82, 2.24) is 9.55 Å². The molecule has 166 valence electrons. The SMILES string of the molecule is Cc1c(-c2ccccc2)sc2ncn(CC(=O)Nc3cccc(N4CCCC4=O)c3)c(=O)c12. The Labute approximate surface area is 194 Å². The number of hydrogen-bond donors (Lipinski definition) is 1. The van der Waals surface area contributed by atoms with Gasteiger partial charge in [-0.3, -0.25) is 19.0 Å². The number of fused-ring (bicyclic) bond motifs is 1. The summed E-state index contributed by atoms with van der Waals surface area (Å²) in [4.78, 5) is 45.7. The first-order chi connectivity index (χ1) is 16.0. The van der Waals surface area contributed by atoms with Gasteiger partial charge in [-0.25, -0.2) is 4.98 Å². The van der Waals surface area contributed by atoms with Crippen LogP contribution in [-0.4, -0.2) is 27.9 Å². The van der Waals surface area contributed by atoms with Gasteiger partial charge in [0, 0.05) is 29.2 Å². The van der Waals surface area contributed by atoms with Gasteiger partial charge in [-0.05, 0) is 42.7 Å². The Kier molecular flexibility index (Phi) is 5.51. The maximum Gasteiger partial charge on any atom is 0.262 e. The number of aromatic nitrogens is 2. The molecule has 7 nitrogen and oxygen atoms in total. The van der Waals surface area contributed by atoms with Crippen LogP contribution in [0.4, 0.5) is 11.4 Å². The Bertz CT molecular complexity index is 1420. The van der Waals surface area contributed by atoms with Crippen LogP contribution in [0.3, 0.4) is 0 Å². The van der Waals surface area contributed by atoms with Crippen molar-refractivity contribution in [3.05, 3.63) is 76.8 Å². The van der Waals surface area contributed by atoms with E-state index in [0.29, 0.717) is 28.9 Å². The van der Waals surface area contributed by atoms with Gasteiger partial charge in [-0.15, -0.1) is 11.3 Å². The molecule has 0 unspecified atom stereocenters. The lowest BCUT2D eigenvalue weighted by Gasteiger charge is -2.17. The molecule has 33 heavy (non-hydrogen) atoms. The molecule has 2 aromatic carbocycles. The van der Waals surface area contributed by atoms with Crippen LogP contribution < -0.4 is 15.8 Å². The Morgan fingerprint density at radius 2 is 1.94 bits per heavy atom. The molecule has 0 atom stereocenters. The van der Waals surface area contributed by atoms with E-state index in [1.54, 1.807) is 23.1 Å². The maximum atomic E-state index is 13.2. The van der Waals surface area contributed by atoms with Gasteiger partial charge in [0.05, 0.1) is 11.7 Å². The van der Waals surface area contributed by atoms with Crippen LogP contribution in [0.1, 0.15) is 18.4 Å². The number of hydrogen-bond acceptors (Lipinski definition) is 5. The average Bonchev–Trinajstić information content (AvgIpc) is 3.40. The number of carbonyl (C=O) groups excluding carboxylic acids is 2. The number of rotatable bonds is 5. The van der Waals surface area contributed by atoms with E-state index in [1.165, 1.54) is 22.2 Å². The Hall–Kier alpha value is -3.78. The van der Waals surface area contributed by atoms with Crippen LogP contribution in [-0.2, 0) is 16.1 Å². The van der Waals surface area contributed by atoms with E-state index >= 15 is 0 Å². The predicted octanol–water partition coefficient (Wildman–Crippen LogP) is 4.20. The van der Waals surface area contributed by atoms with Crippen molar-refractivity contribution in [1.29, 1.82) is 0 Å². The van der Waals surface area contributed by atoms with E-state index in [2.05, 4.69) is 10.3 Å². The van der Waals surface area contributed by atoms with Crippen molar-refractivity contribution in [2.75, 3.05) is 16.8 Å². The normalized spacial score (nSPS) is 13.6. The second-order valence-electron chi connectivity index (χ2n) is 8.03. The Balaban J connectivity index is 1.38. The highest BCUT2D eigenvalue weighted by Gasteiger charge is 2.22. The molecule has 1 N–H and O–H groups in total. The second-order valence-corrected chi connectivity index (χ2v) is 9.03. The molecule has 1 aliphatic rings. The monoisotopic (exact) mass is 458 g/mol. The van der Waals surface area contributed by atoms with Gasteiger partial charge in [0.2, 0.25) is 11.8 Å². The van der Waals surface area contributed by atoms with Crippen molar-refractivity contribution in [2.45, 2.75) is 26.3 Å². The summed E-state index contributed by atoms with van der Waals surface area (Å²) in [6, 6.07) is 17.1. The van der Waals surface area contributed by atoms with Gasteiger partial charge in [-0.1, -0.05) is 36.4 Å². The van der Waals surface area contributed by atoms with Gasteiger partial charge < -0.3 is 10.2 Å². The third-order valence-electron chi connectivity index (χ3n) is 5.78. The number of anilines is 2. The van der Waals surface area contributed by atoms with Crippen LogP contribution in [0, 0.1) is 6.92 Å². The van der Waals surface area contributed by atoms with E-state index < -0.39 is 0 Å². The molecule has 0 bridgehead atoms. The van der Waals surface area contributed by atoms with Crippen molar-refractivity contribution in [3.63, 3.8) is 0 Å². The molecule has 0 aliphatic carbocycles. The van der Waals surface area contributed by atoms with E-state index in [4.69, 9.17) is 0 Å². The summed E-state index contributed by atoms with van der Waals surface area (Å²) in [6.07, 6.45) is 2.80. The Morgan fingerprint density at radius 3 is 2.70 bits per heavy atom. The summed E-state index contributed by atoms with van der Waals surface area (Å²) >= 11 is 1.48. The molecular weight excluding hydrogens is 436 g/mol. The molecule has 1 saturated heterocycles. The number of amides is 2. The van der Waals surface area contributed by atoms with Crippen LogP contribution in [0.2, 0.25) is 0 Å². The van der Waals surface area contributed by atoms with Crippen LogP contribution in [0.15, 0.2) is 65.7 Å². The van der Waals surface area contributed by atoms with Crippen molar-refractivity contribution < 1.29 is 9.59 Å². The summed E-state index contributed by atoms with van der Waals surface area (Å²) in [7, 11) is 0.